The molecule has 4 aliphatic rings. The molecule has 0 amide bonds. The van der Waals surface area contributed by atoms with Crippen molar-refractivity contribution in [1.82, 2.24) is 0 Å². The highest BCUT2D eigenvalue weighted by Crippen LogP contribution is 2.69. The second-order valence-corrected chi connectivity index (χ2v) is 8.65. The Morgan fingerprint density at radius 2 is 1.96 bits per heavy atom. The number of rotatable bonds is 2. The topological polar surface area (TPSA) is 15.6 Å². The smallest absolute Gasteiger partial charge is 0.150 e. The van der Waals surface area contributed by atoms with Crippen LogP contribution in [0.5, 0.6) is 0 Å². The van der Waals surface area contributed by atoms with Gasteiger partial charge in [-0.15, -0.1) is 0 Å². The zero-order valence-electron chi connectivity index (χ0n) is 15.1. The van der Waals surface area contributed by atoms with Gasteiger partial charge in [-0.2, -0.15) is 4.40 Å². The molecule has 0 bridgehead atoms. The van der Waals surface area contributed by atoms with Gasteiger partial charge < -0.3 is 4.90 Å². The van der Waals surface area contributed by atoms with Gasteiger partial charge in [-0.05, 0) is 24.5 Å². The molecule has 0 N–H and O–H groups in total. The molecule has 3 aliphatic heterocycles. The average molecular weight is 380 g/mol. The van der Waals surface area contributed by atoms with E-state index in [9.17, 15) is 8.78 Å². The van der Waals surface area contributed by atoms with Crippen LogP contribution in [0.1, 0.15) is 37.8 Å². The molecule has 0 aromatic heterocycles. The van der Waals surface area contributed by atoms with Gasteiger partial charge in [0.05, 0.1) is 5.69 Å². The van der Waals surface area contributed by atoms with E-state index in [4.69, 9.17) is 4.40 Å². The molecule has 0 fully saturated rings. The zero-order chi connectivity index (χ0) is 18.6. The van der Waals surface area contributed by atoms with E-state index in [1.165, 1.54) is 11.6 Å². The van der Waals surface area contributed by atoms with Crippen molar-refractivity contribution >= 4 is 23.5 Å². The normalized spacial score (nSPS) is 31.0. The fourth-order valence-electron chi connectivity index (χ4n) is 5.80. The second kappa shape index (κ2) is 4.82. The van der Waals surface area contributed by atoms with Crippen LogP contribution in [-0.2, 0) is 5.41 Å². The Kier molecular flexibility index (Phi) is 2.83. The van der Waals surface area contributed by atoms with Gasteiger partial charge in [0.25, 0.3) is 0 Å². The molecule has 1 aliphatic carbocycles. The van der Waals surface area contributed by atoms with Crippen molar-refractivity contribution in [2.24, 2.45) is 9.81 Å². The Balaban J connectivity index is 1.76. The molecule has 6 rings (SSSR count). The molecular weight excluding hydrogens is 362 g/mol. The number of nitrogens with zero attached hydrogens (tertiary/aromatic N) is 2. The summed E-state index contributed by atoms with van der Waals surface area (Å²) in [6.45, 7) is 4.47. The first-order chi connectivity index (χ1) is 13.1. The number of para-hydroxylation sites is 1. The van der Waals surface area contributed by atoms with Crippen molar-refractivity contribution in [3.63, 3.8) is 0 Å². The number of allylic oxidation sites excluding steroid dienone is 1. The van der Waals surface area contributed by atoms with Gasteiger partial charge >= 0.3 is 0 Å². The first kappa shape index (κ1) is 15.9. The minimum absolute atomic E-state index is 0.0212. The van der Waals surface area contributed by atoms with Crippen molar-refractivity contribution in [3.8, 4) is 11.1 Å². The summed E-state index contributed by atoms with van der Waals surface area (Å²) in [5.74, 6) is -0.386. The lowest BCUT2D eigenvalue weighted by atomic mass is 9.48. The predicted octanol–water partition coefficient (Wildman–Crippen LogP) is 5.81. The number of anilines is 1. The summed E-state index contributed by atoms with van der Waals surface area (Å²) >= 11 is 1.55. The summed E-state index contributed by atoms with van der Waals surface area (Å²) in [4.78, 5) is 2.25. The van der Waals surface area contributed by atoms with Gasteiger partial charge in [0.1, 0.15) is 22.8 Å². The fourth-order valence-corrected chi connectivity index (χ4v) is 7.13. The molecule has 2 aromatic carbocycles. The molecular formula is C22H18F2N2S. The molecule has 2 nitrogen and oxygen atoms in total. The molecule has 0 saturated heterocycles. The molecule has 0 saturated carbocycles. The number of hydrogen-bond acceptors (Lipinski definition) is 3. The van der Waals surface area contributed by atoms with E-state index in [0.29, 0.717) is 17.0 Å². The van der Waals surface area contributed by atoms with Gasteiger partial charge in [-0.25, -0.2) is 8.78 Å². The quantitative estimate of drug-likeness (QED) is 0.482. The Morgan fingerprint density at radius 3 is 2.67 bits per heavy atom. The Labute approximate surface area is 161 Å². The molecule has 3 unspecified atom stereocenters. The van der Waals surface area contributed by atoms with Gasteiger partial charge in [0.15, 0.2) is 0 Å². The van der Waals surface area contributed by atoms with E-state index < -0.39 is 11.6 Å². The van der Waals surface area contributed by atoms with Crippen LogP contribution in [0.2, 0.25) is 0 Å². The summed E-state index contributed by atoms with van der Waals surface area (Å²) in [5.41, 5.74) is 4.11. The standard InChI is InChI=1S/C22H18F2N2S/c1-3-21-8-9-22(21,4-2)20-26-18-13(6-5-7-15(18)21)17-14(19(26)25-27-20)10-12(23)11-16(17)24/h5-11,20H,3-4H2,1-2H3. The number of benzene rings is 2. The maximum absolute atomic E-state index is 14.9. The van der Waals surface area contributed by atoms with E-state index in [1.807, 2.05) is 12.1 Å². The Bertz CT molecular complexity index is 1090. The fraction of sp³-hybridized carbons (Fsp3) is 0.318. The molecule has 0 spiro atoms. The largest absolute Gasteiger partial charge is 0.309 e. The number of amidine groups is 1. The van der Waals surface area contributed by atoms with Gasteiger partial charge in [0.2, 0.25) is 0 Å². The highest BCUT2D eigenvalue weighted by Gasteiger charge is 2.65. The SMILES string of the molecule is CCC12C=CC1(CC)C1SN=C3c4cc(F)cc(F)c4-c4cccc2c4N31. The van der Waals surface area contributed by atoms with Crippen molar-refractivity contribution in [2.75, 3.05) is 4.90 Å². The maximum Gasteiger partial charge on any atom is 0.150 e. The van der Waals surface area contributed by atoms with Crippen LogP contribution in [-0.4, -0.2) is 11.2 Å². The van der Waals surface area contributed by atoms with Crippen LogP contribution in [0.15, 0.2) is 46.9 Å². The van der Waals surface area contributed by atoms with Crippen molar-refractivity contribution in [3.05, 3.63) is 65.2 Å². The number of halogens is 2. The summed E-state index contributed by atoms with van der Waals surface area (Å²) < 4.78 is 33.7. The summed E-state index contributed by atoms with van der Waals surface area (Å²) in [5, 5.41) is 0.121. The van der Waals surface area contributed by atoms with Gasteiger partial charge in [-0.1, -0.05) is 44.2 Å². The van der Waals surface area contributed by atoms with Crippen LogP contribution < -0.4 is 4.90 Å². The zero-order valence-corrected chi connectivity index (χ0v) is 15.9. The summed E-state index contributed by atoms with van der Waals surface area (Å²) in [6, 6.07) is 8.55. The maximum atomic E-state index is 14.9. The van der Waals surface area contributed by atoms with Crippen LogP contribution in [0.3, 0.4) is 0 Å². The molecule has 0 radical (unpaired) electrons. The van der Waals surface area contributed by atoms with E-state index in [2.05, 4.69) is 37.0 Å². The van der Waals surface area contributed by atoms with Crippen LogP contribution in [0.25, 0.3) is 11.1 Å². The van der Waals surface area contributed by atoms with Gasteiger partial charge in [0, 0.05) is 45.5 Å². The third kappa shape index (κ3) is 1.51. The molecule has 2 aromatic rings. The van der Waals surface area contributed by atoms with Crippen LogP contribution in [0, 0.1) is 17.0 Å². The molecule has 3 atom stereocenters. The van der Waals surface area contributed by atoms with Crippen molar-refractivity contribution < 1.29 is 8.78 Å². The van der Waals surface area contributed by atoms with E-state index >= 15 is 0 Å². The van der Waals surface area contributed by atoms with Gasteiger partial charge in [-0.3, -0.25) is 0 Å². The second-order valence-electron chi connectivity index (χ2n) is 7.81. The van der Waals surface area contributed by atoms with Crippen LogP contribution in [0.4, 0.5) is 14.5 Å². The molecule has 136 valence electrons. The lowest BCUT2D eigenvalue weighted by Crippen LogP contribution is -2.63. The first-order valence-corrected chi connectivity index (χ1v) is 10.3. The lowest BCUT2D eigenvalue weighted by molar-refractivity contribution is 0.156. The lowest BCUT2D eigenvalue weighted by Gasteiger charge is -2.63. The van der Waals surface area contributed by atoms with Crippen molar-refractivity contribution in [1.29, 1.82) is 0 Å². The Hall–Kier alpha value is -2.14. The molecule has 3 heterocycles. The first-order valence-electron chi connectivity index (χ1n) is 9.44. The highest BCUT2D eigenvalue weighted by atomic mass is 32.2. The highest BCUT2D eigenvalue weighted by molar-refractivity contribution is 7.99. The Morgan fingerprint density at radius 1 is 1.11 bits per heavy atom. The number of fused-ring (bicyclic) bond motifs is 6. The monoisotopic (exact) mass is 380 g/mol. The minimum Gasteiger partial charge on any atom is -0.309 e. The van der Waals surface area contributed by atoms with E-state index in [-0.39, 0.29) is 16.2 Å². The van der Waals surface area contributed by atoms with Crippen molar-refractivity contribution in [2.45, 2.75) is 37.5 Å². The third-order valence-corrected chi connectivity index (χ3v) is 8.21. The predicted molar refractivity (Wildman–Crippen MR) is 106 cm³/mol. The number of hydrogen-bond donors (Lipinski definition) is 0. The molecule has 5 heteroatoms. The van der Waals surface area contributed by atoms with Crippen LogP contribution >= 0.6 is 11.9 Å². The minimum atomic E-state index is -0.560. The van der Waals surface area contributed by atoms with E-state index in [0.717, 1.165) is 30.2 Å². The van der Waals surface area contributed by atoms with E-state index in [1.54, 1.807) is 11.9 Å². The summed E-state index contributed by atoms with van der Waals surface area (Å²) in [6.07, 6.45) is 6.66. The average Bonchev–Trinajstić information content (AvgIpc) is 3.07. The summed E-state index contributed by atoms with van der Waals surface area (Å²) in [7, 11) is 0. The third-order valence-electron chi connectivity index (χ3n) is 7.10. The molecule has 27 heavy (non-hydrogen) atoms.